The van der Waals surface area contributed by atoms with Gasteiger partial charge >= 0.3 is 12.4 Å². The van der Waals surface area contributed by atoms with Crippen LogP contribution in [0, 0.1) is 5.92 Å². The Morgan fingerprint density at radius 2 is 1.69 bits per heavy atom. The topological polar surface area (TPSA) is 103 Å². The number of rotatable bonds is 4. The Bertz CT molecular complexity index is 1260. The minimum Gasteiger partial charge on any atom is -0.542 e. The van der Waals surface area contributed by atoms with E-state index in [4.69, 9.17) is 14.6 Å². The van der Waals surface area contributed by atoms with E-state index in [-0.39, 0.29) is 17.7 Å². The number of nitrogens with zero attached hydrogens (tertiary/aromatic N) is 1. The van der Waals surface area contributed by atoms with E-state index in [0.717, 1.165) is 42.1 Å². The number of methoxy groups -OCH3 is 1. The van der Waals surface area contributed by atoms with Gasteiger partial charge in [0.25, 0.3) is 0 Å². The smallest absolute Gasteiger partial charge is 0.430 e. The molecule has 0 aliphatic carbocycles. The summed E-state index contributed by atoms with van der Waals surface area (Å²) in [5, 5.41) is 13.1. The number of carbonyl (C=O) groups excluding carboxylic acids is 2. The molecule has 42 heavy (non-hydrogen) atoms. The summed E-state index contributed by atoms with van der Waals surface area (Å²) in [6.07, 6.45) is -9.44. The van der Waals surface area contributed by atoms with Crippen LogP contribution in [-0.4, -0.2) is 68.5 Å². The van der Waals surface area contributed by atoms with Gasteiger partial charge in [-0.25, -0.2) is 0 Å². The second-order valence-corrected chi connectivity index (χ2v) is 11.0. The lowest BCUT2D eigenvalue weighted by Gasteiger charge is -2.43. The van der Waals surface area contributed by atoms with Crippen LogP contribution in [0.3, 0.4) is 0 Å². The lowest BCUT2D eigenvalue weighted by atomic mass is 9.68. The summed E-state index contributed by atoms with van der Waals surface area (Å²) in [4.78, 5) is 24.4. The third kappa shape index (κ3) is 6.83. The van der Waals surface area contributed by atoms with Crippen molar-refractivity contribution in [2.24, 2.45) is 5.92 Å². The van der Waals surface area contributed by atoms with Gasteiger partial charge in [-0.15, -0.1) is 0 Å². The minimum absolute atomic E-state index is 0.0321. The zero-order valence-corrected chi connectivity index (χ0v) is 23.0. The van der Waals surface area contributed by atoms with Crippen LogP contribution >= 0.6 is 0 Å². The Morgan fingerprint density at radius 3 is 2.31 bits per heavy atom. The van der Waals surface area contributed by atoms with E-state index in [1.165, 1.54) is 0 Å². The first-order valence-electron chi connectivity index (χ1n) is 13.8. The number of hydrogen-bond acceptors (Lipinski definition) is 4. The molecule has 0 radical (unpaired) electrons. The summed E-state index contributed by atoms with van der Waals surface area (Å²) < 4.78 is 78.1. The quantitative estimate of drug-likeness (QED) is 0.514. The monoisotopic (exact) mass is 602 g/mol. The first-order chi connectivity index (χ1) is 19.8. The fourth-order valence-electron chi connectivity index (χ4n) is 6.78. The normalized spacial score (nSPS) is 25.8. The summed E-state index contributed by atoms with van der Waals surface area (Å²) in [5.74, 6) is -2.63. The molecule has 0 unspecified atom stereocenters. The molecule has 3 heterocycles. The Hall–Kier alpha value is -3.32. The first kappa shape index (κ1) is 31.6. The molecule has 230 valence electrons. The number of quaternary nitrogens is 2. The van der Waals surface area contributed by atoms with Gasteiger partial charge in [0.15, 0.2) is 0 Å². The molecule has 2 aromatic carbocycles. The predicted molar refractivity (Wildman–Crippen MR) is 136 cm³/mol. The number of likely N-dealkylation sites (tertiary alicyclic amines) is 1. The predicted octanol–water partition coefficient (Wildman–Crippen LogP) is 1.23. The van der Waals surface area contributed by atoms with E-state index in [2.05, 4.69) is 16.7 Å². The molecule has 13 heteroatoms. The van der Waals surface area contributed by atoms with E-state index < -0.39 is 36.2 Å². The van der Waals surface area contributed by atoms with E-state index in [1.807, 2.05) is 42.5 Å². The Labute approximate surface area is 239 Å². The number of carbonyl (C=O) groups is 2. The maximum Gasteiger partial charge on any atom is 0.430 e. The van der Waals surface area contributed by atoms with Crippen LogP contribution < -0.4 is 20.5 Å². The number of carboxylic acids is 1. The number of fused-ring (bicyclic) bond motifs is 2. The largest absolute Gasteiger partial charge is 0.542 e. The maximum absolute atomic E-state index is 14.1. The molecule has 0 saturated carbocycles. The van der Waals surface area contributed by atoms with Gasteiger partial charge in [-0.2, -0.15) is 26.3 Å². The molecule has 0 aromatic heterocycles. The van der Waals surface area contributed by atoms with Crippen molar-refractivity contribution in [2.75, 3.05) is 33.3 Å². The van der Waals surface area contributed by atoms with Gasteiger partial charge in [0.2, 0.25) is 5.91 Å². The molecule has 4 atom stereocenters. The highest BCUT2D eigenvalue weighted by Gasteiger charge is 2.57. The van der Waals surface area contributed by atoms with Crippen LogP contribution in [0.25, 0.3) is 0 Å². The zero-order chi connectivity index (χ0) is 30.7. The SMILES string of the molecule is COc1cccc2c1C[NH2+]C[C@]21C[NH2+]C[C@H]1C(=O)N1CC[C@@H](c2ccccc2)C[C@H]1CC(F)(F)F.O=C([O-])C(F)(F)F. The van der Waals surface area contributed by atoms with E-state index in [9.17, 15) is 31.1 Å². The molecule has 2 saturated heterocycles. The van der Waals surface area contributed by atoms with Crippen molar-refractivity contribution in [3.05, 3.63) is 65.2 Å². The van der Waals surface area contributed by atoms with Crippen molar-refractivity contribution < 1.29 is 56.4 Å². The van der Waals surface area contributed by atoms with E-state index >= 15 is 0 Å². The second kappa shape index (κ2) is 12.5. The molecule has 1 amide bonds. The average Bonchev–Trinajstić information content (AvgIpc) is 3.36. The fourth-order valence-corrected chi connectivity index (χ4v) is 6.78. The number of alkyl halides is 6. The number of amides is 1. The fraction of sp³-hybridized carbons (Fsp3) is 0.517. The number of nitrogens with two attached hydrogens (primary N) is 2. The second-order valence-electron chi connectivity index (χ2n) is 11.0. The minimum atomic E-state index is -5.19. The molecule has 2 fully saturated rings. The van der Waals surface area contributed by atoms with Crippen LogP contribution in [0.4, 0.5) is 26.3 Å². The van der Waals surface area contributed by atoms with Crippen molar-refractivity contribution in [2.45, 2.75) is 55.5 Å². The van der Waals surface area contributed by atoms with Gasteiger partial charge in [0.05, 0.1) is 38.7 Å². The number of halogens is 6. The van der Waals surface area contributed by atoms with Crippen molar-refractivity contribution in [1.29, 1.82) is 0 Å². The molecule has 7 nitrogen and oxygen atoms in total. The number of carboxylic acid groups (broad SMARTS) is 1. The number of aliphatic carboxylic acids is 1. The standard InChI is InChI=1S/C27H32F3N3O2.C2HF3O2/c1-35-24-9-5-8-22-21(24)14-31-16-26(22)17-32-15-23(26)25(34)33-11-10-19(18-6-3-2-4-7-18)12-20(33)13-27(28,29)30;3-2(4,5)1(6)7/h2-9,19-20,23,31-32H,10-17H2,1H3;(H,6,7)/p+1/t19-,20+,23+,26+;/m1./s1. The number of hydrogen-bond donors (Lipinski definition) is 2. The van der Waals surface area contributed by atoms with Gasteiger partial charge in [0, 0.05) is 12.6 Å². The van der Waals surface area contributed by atoms with Crippen LogP contribution in [0.1, 0.15) is 41.9 Å². The summed E-state index contributed by atoms with van der Waals surface area (Å²) in [6, 6.07) is 14.9. The third-order valence-corrected chi connectivity index (χ3v) is 8.59. The lowest BCUT2D eigenvalue weighted by molar-refractivity contribution is -0.691. The number of piperidine rings is 1. The number of benzene rings is 2. The Balaban J connectivity index is 0.000000517. The highest BCUT2D eigenvalue weighted by Crippen LogP contribution is 2.42. The molecule has 1 spiro atoms. The third-order valence-electron chi connectivity index (χ3n) is 8.59. The van der Waals surface area contributed by atoms with Crippen molar-refractivity contribution in [3.8, 4) is 5.75 Å². The summed E-state index contributed by atoms with van der Waals surface area (Å²) >= 11 is 0. The Kier molecular flexibility index (Phi) is 9.41. The molecule has 2 aromatic rings. The lowest BCUT2D eigenvalue weighted by Crippen LogP contribution is -2.91. The molecule has 4 N–H and O–H groups in total. The summed E-state index contributed by atoms with van der Waals surface area (Å²) in [5.41, 5.74) is 2.88. The van der Waals surface area contributed by atoms with E-state index in [1.54, 1.807) is 12.0 Å². The summed E-state index contributed by atoms with van der Waals surface area (Å²) in [7, 11) is 1.65. The molecule has 3 aliphatic heterocycles. The van der Waals surface area contributed by atoms with Crippen molar-refractivity contribution in [1.82, 2.24) is 4.90 Å². The van der Waals surface area contributed by atoms with Gasteiger partial charge < -0.3 is 30.2 Å². The summed E-state index contributed by atoms with van der Waals surface area (Å²) in [6.45, 7) is 3.25. The highest BCUT2D eigenvalue weighted by molar-refractivity contribution is 5.82. The van der Waals surface area contributed by atoms with Crippen LogP contribution in [-0.2, 0) is 21.5 Å². The molecule has 3 aliphatic rings. The zero-order valence-electron chi connectivity index (χ0n) is 23.0. The number of ether oxygens (including phenoxy) is 1. The molecular weight excluding hydrogens is 568 g/mol. The molecule has 5 rings (SSSR count). The first-order valence-corrected chi connectivity index (χ1v) is 13.8. The van der Waals surface area contributed by atoms with Gasteiger partial charge in [-0.05, 0) is 36.0 Å². The van der Waals surface area contributed by atoms with Crippen molar-refractivity contribution in [3.63, 3.8) is 0 Å². The van der Waals surface area contributed by atoms with Gasteiger partial charge in [0.1, 0.15) is 29.6 Å². The van der Waals surface area contributed by atoms with Crippen LogP contribution in [0.5, 0.6) is 5.75 Å². The maximum atomic E-state index is 14.1. The van der Waals surface area contributed by atoms with E-state index in [0.29, 0.717) is 25.9 Å². The Morgan fingerprint density at radius 1 is 1.02 bits per heavy atom. The highest BCUT2D eigenvalue weighted by atomic mass is 19.4. The average molecular weight is 603 g/mol. The van der Waals surface area contributed by atoms with Crippen LogP contribution in [0.2, 0.25) is 0 Å². The molecular formula is C29H34F6N3O4+. The van der Waals surface area contributed by atoms with Crippen LogP contribution in [0.15, 0.2) is 48.5 Å². The van der Waals surface area contributed by atoms with Gasteiger partial charge in [-0.3, -0.25) is 4.79 Å². The van der Waals surface area contributed by atoms with Gasteiger partial charge in [-0.1, -0.05) is 42.5 Å². The van der Waals surface area contributed by atoms with Crippen molar-refractivity contribution >= 4 is 11.9 Å². The molecule has 0 bridgehead atoms.